The molecule has 100 valence electrons. The molecule has 1 N–H and O–H groups in total. The number of halogens is 1. The van der Waals surface area contributed by atoms with Crippen LogP contribution in [0.1, 0.15) is 32.6 Å². The van der Waals surface area contributed by atoms with E-state index in [9.17, 15) is 4.79 Å². The summed E-state index contributed by atoms with van der Waals surface area (Å²) in [4.78, 5) is 14.2. The second-order valence-electron chi connectivity index (χ2n) is 5.45. The van der Waals surface area contributed by atoms with Crippen molar-refractivity contribution in [3.63, 3.8) is 0 Å². The molecule has 1 saturated heterocycles. The fraction of sp³-hybridized carbons (Fsp3) is 0.923. The number of rotatable bonds is 4. The number of carbonyl (C=O) groups is 1. The van der Waals surface area contributed by atoms with Crippen molar-refractivity contribution < 1.29 is 4.79 Å². The summed E-state index contributed by atoms with van der Waals surface area (Å²) in [6.07, 6.45) is 4.88. The summed E-state index contributed by atoms with van der Waals surface area (Å²) in [5.74, 6) is 2.15. The summed E-state index contributed by atoms with van der Waals surface area (Å²) in [5.41, 5.74) is 0. The number of nitrogens with one attached hydrogen (secondary N) is 1. The molecule has 3 nitrogen and oxygen atoms in total. The van der Waals surface area contributed by atoms with Crippen molar-refractivity contribution in [2.45, 2.75) is 32.6 Å². The summed E-state index contributed by atoms with van der Waals surface area (Å²) in [7, 11) is 2.01. The Balaban J connectivity index is 0.00000144. The van der Waals surface area contributed by atoms with Gasteiger partial charge in [0.2, 0.25) is 5.91 Å². The van der Waals surface area contributed by atoms with Gasteiger partial charge in [-0.3, -0.25) is 4.79 Å². The highest BCUT2D eigenvalue weighted by Gasteiger charge is 2.35. The standard InChI is InChI=1S/C13H24N2O.ClH/c1-10(12-3-4-12)13(16)15-7-5-11(6-8-15)9-14-2;/h10-12,14H,3-9H2,1-2H3;1H. The number of hydrogen-bond acceptors (Lipinski definition) is 2. The van der Waals surface area contributed by atoms with Gasteiger partial charge in [0.05, 0.1) is 0 Å². The maximum absolute atomic E-state index is 12.2. The first-order valence-corrected chi connectivity index (χ1v) is 6.65. The smallest absolute Gasteiger partial charge is 0.225 e. The summed E-state index contributed by atoms with van der Waals surface area (Å²) in [6, 6.07) is 0. The van der Waals surface area contributed by atoms with Gasteiger partial charge in [-0.25, -0.2) is 0 Å². The zero-order chi connectivity index (χ0) is 11.5. The third-order valence-electron chi connectivity index (χ3n) is 4.14. The van der Waals surface area contributed by atoms with Crippen LogP contribution in [0.2, 0.25) is 0 Å². The maximum atomic E-state index is 12.2. The molecule has 17 heavy (non-hydrogen) atoms. The molecule has 1 aliphatic heterocycles. The van der Waals surface area contributed by atoms with Crippen LogP contribution < -0.4 is 5.32 Å². The SMILES string of the molecule is CNCC1CCN(C(=O)C(C)C2CC2)CC1.Cl. The van der Waals surface area contributed by atoms with Gasteiger partial charge in [0.25, 0.3) is 0 Å². The van der Waals surface area contributed by atoms with Gasteiger partial charge in [0.15, 0.2) is 0 Å². The number of likely N-dealkylation sites (tertiary alicyclic amines) is 1. The highest BCUT2D eigenvalue weighted by Crippen LogP contribution is 2.37. The van der Waals surface area contributed by atoms with E-state index in [1.165, 1.54) is 25.7 Å². The Morgan fingerprint density at radius 1 is 1.29 bits per heavy atom. The molecule has 1 atom stereocenters. The van der Waals surface area contributed by atoms with Gasteiger partial charge in [-0.05, 0) is 51.1 Å². The number of nitrogens with zero attached hydrogens (tertiary/aromatic N) is 1. The summed E-state index contributed by atoms with van der Waals surface area (Å²) >= 11 is 0. The minimum Gasteiger partial charge on any atom is -0.342 e. The van der Waals surface area contributed by atoms with E-state index in [1.54, 1.807) is 0 Å². The minimum absolute atomic E-state index is 0. The molecule has 2 aliphatic rings. The molecule has 1 amide bonds. The lowest BCUT2D eigenvalue weighted by Crippen LogP contribution is -2.43. The Morgan fingerprint density at radius 3 is 2.35 bits per heavy atom. The number of amides is 1. The second-order valence-corrected chi connectivity index (χ2v) is 5.45. The van der Waals surface area contributed by atoms with Crippen LogP contribution in [-0.2, 0) is 4.79 Å². The fourth-order valence-corrected chi connectivity index (χ4v) is 2.73. The minimum atomic E-state index is 0. The molecule has 2 fully saturated rings. The quantitative estimate of drug-likeness (QED) is 0.838. The van der Waals surface area contributed by atoms with Crippen molar-refractivity contribution in [1.29, 1.82) is 0 Å². The van der Waals surface area contributed by atoms with Crippen LogP contribution in [0.15, 0.2) is 0 Å². The van der Waals surface area contributed by atoms with Crippen LogP contribution in [0.25, 0.3) is 0 Å². The highest BCUT2D eigenvalue weighted by atomic mass is 35.5. The first-order chi connectivity index (χ1) is 7.72. The fourth-order valence-electron chi connectivity index (χ4n) is 2.73. The molecule has 0 radical (unpaired) electrons. The molecular formula is C13H25ClN2O. The van der Waals surface area contributed by atoms with E-state index in [4.69, 9.17) is 0 Å². The third kappa shape index (κ3) is 3.85. The summed E-state index contributed by atoms with van der Waals surface area (Å²) in [6.45, 7) is 5.16. The van der Waals surface area contributed by atoms with Gasteiger partial charge < -0.3 is 10.2 Å². The Hall–Kier alpha value is -0.280. The predicted molar refractivity (Wildman–Crippen MR) is 72.4 cm³/mol. The number of carbonyl (C=O) groups excluding carboxylic acids is 1. The van der Waals surface area contributed by atoms with Crippen molar-refractivity contribution in [3.8, 4) is 0 Å². The van der Waals surface area contributed by atoms with Crippen molar-refractivity contribution in [1.82, 2.24) is 10.2 Å². The van der Waals surface area contributed by atoms with Gasteiger partial charge in [-0.15, -0.1) is 12.4 Å². The normalized spacial score (nSPS) is 23.1. The molecule has 0 bridgehead atoms. The van der Waals surface area contributed by atoms with Crippen LogP contribution in [0.5, 0.6) is 0 Å². The molecule has 1 aliphatic carbocycles. The van der Waals surface area contributed by atoms with E-state index < -0.39 is 0 Å². The third-order valence-corrected chi connectivity index (χ3v) is 4.14. The molecule has 0 aromatic carbocycles. The lowest BCUT2D eigenvalue weighted by molar-refractivity contribution is -0.137. The maximum Gasteiger partial charge on any atom is 0.225 e. The molecule has 1 saturated carbocycles. The molecule has 4 heteroatoms. The summed E-state index contributed by atoms with van der Waals surface area (Å²) < 4.78 is 0. The second kappa shape index (κ2) is 6.60. The van der Waals surface area contributed by atoms with Crippen LogP contribution in [0.3, 0.4) is 0 Å². The van der Waals surface area contributed by atoms with Crippen molar-refractivity contribution >= 4 is 18.3 Å². The van der Waals surface area contributed by atoms with E-state index in [1.807, 2.05) is 7.05 Å². The van der Waals surface area contributed by atoms with Gasteiger partial charge in [-0.2, -0.15) is 0 Å². The van der Waals surface area contributed by atoms with Gasteiger partial charge >= 0.3 is 0 Å². The number of piperidine rings is 1. The van der Waals surface area contributed by atoms with E-state index in [0.29, 0.717) is 11.8 Å². The van der Waals surface area contributed by atoms with E-state index in [-0.39, 0.29) is 18.3 Å². The molecule has 2 rings (SSSR count). The topological polar surface area (TPSA) is 32.3 Å². The van der Waals surface area contributed by atoms with E-state index in [0.717, 1.165) is 25.6 Å². The first kappa shape index (κ1) is 14.8. The van der Waals surface area contributed by atoms with Crippen molar-refractivity contribution in [3.05, 3.63) is 0 Å². The van der Waals surface area contributed by atoms with Gasteiger partial charge in [0.1, 0.15) is 0 Å². The molecule has 0 aromatic heterocycles. The molecule has 0 spiro atoms. The van der Waals surface area contributed by atoms with Gasteiger partial charge in [0, 0.05) is 19.0 Å². The Bertz CT molecular complexity index is 248. The lowest BCUT2D eigenvalue weighted by Gasteiger charge is -2.33. The highest BCUT2D eigenvalue weighted by molar-refractivity contribution is 5.85. The average Bonchev–Trinajstić information content (AvgIpc) is 3.12. The van der Waals surface area contributed by atoms with Gasteiger partial charge in [-0.1, -0.05) is 6.92 Å². The monoisotopic (exact) mass is 260 g/mol. The molecular weight excluding hydrogens is 236 g/mol. The van der Waals surface area contributed by atoms with Crippen LogP contribution in [0, 0.1) is 17.8 Å². The predicted octanol–water partition coefficient (Wildman–Crippen LogP) is 1.91. The van der Waals surface area contributed by atoms with Crippen LogP contribution >= 0.6 is 12.4 Å². The molecule has 1 heterocycles. The summed E-state index contributed by atoms with van der Waals surface area (Å²) in [5, 5.41) is 3.23. The molecule has 0 aromatic rings. The lowest BCUT2D eigenvalue weighted by atomic mass is 9.95. The zero-order valence-electron chi connectivity index (χ0n) is 10.9. The Labute approximate surface area is 111 Å². The zero-order valence-corrected chi connectivity index (χ0v) is 11.8. The van der Waals surface area contributed by atoms with Crippen molar-refractivity contribution in [2.75, 3.05) is 26.7 Å². The Morgan fingerprint density at radius 2 is 1.88 bits per heavy atom. The van der Waals surface area contributed by atoms with Crippen LogP contribution in [-0.4, -0.2) is 37.5 Å². The Kier molecular flexibility index (Phi) is 5.74. The van der Waals surface area contributed by atoms with E-state index >= 15 is 0 Å². The van der Waals surface area contributed by atoms with Crippen LogP contribution in [0.4, 0.5) is 0 Å². The van der Waals surface area contributed by atoms with E-state index in [2.05, 4.69) is 17.1 Å². The first-order valence-electron chi connectivity index (χ1n) is 6.65. The van der Waals surface area contributed by atoms with Crippen molar-refractivity contribution in [2.24, 2.45) is 17.8 Å². The largest absolute Gasteiger partial charge is 0.342 e. The molecule has 1 unspecified atom stereocenters. The average molecular weight is 261 g/mol. The number of hydrogen-bond donors (Lipinski definition) is 1.